The molecule has 1 heterocycles. The summed E-state index contributed by atoms with van der Waals surface area (Å²) in [6.07, 6.45) is 2.44. The van der Waals surface area contributed by atoms with Gasteiger partial charge < -0.3 is 0 Å². The van der Waals surface area contributed by atoms with Crippen molar-refractivity contribution in [1.29, 1.82) is 0 Å². The first-order chi connectivity index (χ1) is 9.13. The van der Waals surface area contributed by atoms with E-state index in [0.717, 1.165) is 14.2 Å². The zero-order valence-electron chi connectivity index (χ0n) is 10.2. The number of nitro benzene ring substituents is 1. The average molecular weight is 293 g/mol. The van der Waals surface area contributed by atoms with Gasteiger partial charge in [0, 0.05) is 22.4 Å². The molecule has 0 atom stereocenters. The highest BCUT2D eigenvalue weighted by molar-refractivity contribution is 8.01. The molecule has 0 amide bonds. The molecule has 3 rings (SSSR count). The van der Waals surface area contributed by atoms with E-state index in [1.165, 1.54) is 24.6 Å². The Morgan fingerprint density at radius 3 is 2.84 bits per heavy atom. The molecule has 2 aromatic rings. The van der Waals surface area contributed by atoms with Crippen molar-refractivity contribution < 1.29 is 4.92 Å². The third-order valence-electron chi connectivity index (χ3n) is 2.92. The van der Waals surface area contributed by atoms with Crippen LogP contribution in [0.1, 0.15) is 29.3 Å². The minimum Gasteiger partial charge on any atom is -0.258 e. The van der Waals surface area contributed by atoms with Gasteiger partial charge in [-0.25, -0.2) is 0 Å². The third kappa shape index (κ3) is 2.76. The SMILES string of the molecule is Cc1cc(Sc2nnc(C3CC3)s2)ccc1[N+](=O)[O-]. The second kappa shape index (κ2) is 4.90. The quantitative estimate of drug-likeness (QED) is 0.633. The molecule has 0 radical (unpaired) electrons. The first-order valence-corrected chi connectivity index (χ1v) is 7.53. The Morgan fingerprint density at radius 1 is 1.42 bits per heavy atom. The van der Waals surface area contributed by atoms with Crippen molar-refractivity contribution in [1.82, 2.24) is 10.2 Å². The van der Waals surface area contributed by atoms with E-state index in [-0.39, 0.29) is 10.6 Å². The molecule has 0 N–H and O–H groups in total. The van der Waals surface area contributed by atoms with Crippen LogP contribution in [-0.4, -0.2) is 15.1 Å². The standard InChI is InChI=1S/C12H11N3O2S2/c1-7-6-9(4-5-10(7)15(16)17)18-12-14-13-11(19-12)8-2-3-8/h4-6,8H,2-3H2,1H3. The van der Waals surface area contributed by atoms with E-state index in [0.29, 0.717) is 11.5 Å². The van der Waals surface area contributed by atoms with Crippen LogP contribution in [0.4, 0.5) is 5.69 Å². The number of benzene rings is 1. The van der Waals surface area contributed by atoms with Gasteiger partial charge in [-0.1, -0.05) is 23.1 Å². The molecular formula is C12H11N3O2S2. The maximum absolute atomic E-state index is 10.8. The summed E-state index contributed by atoms with van der Waals surface area (Å²) in [7, 11) is 0. The van der Waals surface area contributed by atoms with Crippen LogP contribution < -0.4 is 0 Å². The summed E-state index contributed by atoms with van der Waals surface area (Å²) < 4.78 is 0.898. The Morgan fingerprint density at radius 2 is 2.21 bits per heavy atom. The van der Waals surface area contributed by atoms with Gasteiger partial charge in [-0.15, -0.1) is 10.2 Å². The molecule has 1 saturated carbocycles. The lowest BCUT2D eigenvalue weighted by Gasteiger charge is -2.00. The molecule has 1 aromatic carbocycles. The molecule has 7 heteroatoms. The highest BCUT2D eigenvalue weighted by Crippen LogP contribution is 2.43. The van der Waals surface area contributed by atoms with Crippen molar-refractivity contribution in [3.8, 4) is 0 Å². The Labute approximate surface area is 118 Å². The van der Waals surface area contributed by atoms with Crippen molar-refractivity contribution in [3.05, 3.63) is 38.9 Å². The number of nitro groups is 1. The summed E-state index contributed by atoms with van der Waals surface area (Å²) >= 11 is 3.13. The van der Waals surface area contributed by atoms with Crippen LogP contribution in [0.5, 0.6) is 0 Å². The maximum atomic E-state index is 10.8. The van der Waals surface area contributed by atoms with E-state index in [9.17, 15) is 10.1 Å². The number of aryl methyl sites for hydroxylation is 1. The molecule has 0 saturated heterocycles. The summed E-state index contributed by atoms with van der Waals surface area (Å²) in [5, 5.41) is 20.2. The summed E-state index contributed by atoms with van der Waals surface area (Å²) in [5.74, 6) is 0.616. The van der Waals surface area contributed by atoms with E-state index in [1.807, 2.05) is 6.07 Å². The van der Waals surface area contributed by atoms with Gasteiger partial charge in [-0.2, -0.15) is 0 Å². The monoisotopic (exact) mass is 293 g/mol. The van der Waals surface area contributed by atoms with Crippen LogP contribution in [0.3, 0.4) is 0 Å². The van der Waals surface area contributed by atoms with E-state index in [1.54, 1.807) is 30.4 Å². The third-order valence-corrected chi connectivity index (χ3v) is 5.05. The molecule has 0 bridgehead atoms. The van der Waals surface area contributed by atoms with Gasteiger partial charge in [0.15, 0.2) is 4.34 Å². The van der Waals surface area contributed by atoms with Crippen LogP contribution in [0.2, 0.25) is 0 Å². The predicted octanol–water partition coefficient (Wildman–Crippen LogP) is 3.78. The van der Waals surface area contributed by atoms with Crippen molar-refractivity contribution >= 4 is 28.8 Å². The van der Waals surface area contributed by atoms with Gasteiger partial charge in [0.2, 0.25) is 0 Å². The minimum atomic E-state index is -0.361. The lowest BCUT2D eigenvalue weighted by Crippen LogP contribution is -1.91. The van der Waals surface area contributed by atoms with Crippen molar-refractivity contribution in [2.24, 2.45) is 0 Å². The van der Waals surface area contributed by atoms with E-state index < -0.39 is 0 Å². The zero-order valence-corrected chi connectivity index (χ0v) is 11.8. The van der Waals surface area contributed by atoms with Crippen LogP contribution in [0, 0.1) is 17.0 Å². The molecule has 1 aliphatic carbocycles. The smallest absolute Gasteiger partial charge is 0.258 e. The van der Waals surface area contributed by atoms with Gasteiger partial charge in [-0.05, 0) is 31.9 Å². The first-order valence-electron chi connectivity index (χ1n) is 5.90. The molecule has 5 nitrogen and oxygen atoms in total. The molecular weight excluding hydrogens is 282 g/mol. The highest BCUT2D eigenvalue weighted by Gasteiger charge is 2.27. The number of nitrogens with zero attached hydrogens (tertiary/aromatic N) is 3. The molecule has 19 heavy (non-hydrogen) atoms. The van der Waals surface area contributed by atoms with E-state index in [2.05, 4.69) is 10.2 Å². The number of hydrogen-bond donors (Lipinski definition) is 0. The van der Waals surface area contributed by atoms with Crippen LogP contribution in [0.15, 0.2) is 27.4 Å². The second-order valence-corrected chi connectivity index (χ2v) is 6.82. The lowest BCUT2D eigenvalue weighted by atomic mass is 10.2. The van der Waals surface area contributed by atoms with Crippen molar-refractivity contribution in [3.63, 3.8) is 0 Å². The van der Waals surface area contributed by atoms with Gasteiger partial charge >= 0.3 is 0 Å². The number of rotatable bonds is 4. The van der Waals surface area contributed by atoms with Gasteiger partial charge in [-0.3, -0.25) is 10.1 Å². The van der Waals surface area contributed by atoms with E-state index >= 15 is 0 Å². The molecule has 0 spiro atoms. The van der Waals surface area contributed by atoms with Crippen LogP contribution >= 0.6 is 23.1 Å². The van der Waals surface area contributed by atoms with Crippen LogP contribution in [0.25, 0.3) is 0 Å². The molecule has 98 valence electrons. The average Bonchev–Trinajstić information content (AvgIpc) is 3.10. The highest BCUT2D eigenvalue weighted by atomic mass is 32.2. The molecule has 0 aliphatic heterocycles. The Balaban J connectivity index is 1.78. The minimum absolute atomic E-state index is 0.153. The fourth-order valence-electron chi connectivity index (χ4n) is 1.75. The molecule has 1 aliphatic rings. The topological polar surface area (TPSA) is 68.9 Å². The Hall–Kier alpha value is -1.47. The largest absolute Gasteiger partial charge is 0.272 e. The van der Waals surface area contributed by atoms with Crippen LogP contribution in [-0.2, 0) is 0 Å². The molecule has 1 aromatic heterocycles. The molecule has 0 unspecified atom stereocenters. The zero-order chi connectivity index (χ0) is 13.4. The normalized spacial score (nSPS) is 14.6. The summed E-state index contributed by atoms with van der Waals surface area (Å²) in [5.41, 5.74) is 0.821. The van der Waals surface area contributed by atoms with Crippen molar-refractivity contribution in [2.45, 2.75) is 34.9 Å². The van der Waals surface area contributed by atoms with Gasteiger partial charge in [0.05, 0.1) is 4.92 Å². The summed E-state index contributed by atoms with van der Waals surface area (Å²) in [6, 6.07) is 5.12. The Kier molecular flexibility index (Phi) is 3.24. The summed E-state index contributed by atoms with van der Waals surface area (Å²) in [4.78, 5) is 11.4. The fourth-order valence-corrected chi connectivity index (χ4v) is 3.87. The molecule has 1 fully saturated rings. The number of aromatic nitrogens is 2. The van der Waals surface area contributed by atoms with Gasteiger partial charge in [0.25, 0.3) is 5.69 Å². The van der Waals surface area contributed by atoms with Crippen molar-refractivity contribution in [2.75, 3.05) is 0 Å². The maximum Gasteiger partial charge on any atom is 0.272 e. The Bertz CT molecular complexity index is 638. The first kappa shape index (κ1) is 12.6. The fraction of sp³-hybridized carbons (Fsp3) is 0.333. The predicted molar refractivity (Wildman–Crippen MR) is 73.8 cm³/mol. The number of hydrogen-bond acceptors (Lipinski definition) is 6. The lowest BCUT2D eigenvalue weighted by molar-refractivity contribution is -0.385. The second-order valence-electron chi connectivity index (χ2n) is 4.49. The summed E-state index contributed by atoms with van der Waals surface area (Å²) in [6.45, 7) is 1.75. The van der Waals surface area contributed by atoms with Gasteiger partial charge in [0.1, 0.15) is 5.01 Å². The van der Waals surface area contributed by atoms with E-state index in [4.69, 9.17) is 0 Å².